The topological polar surface area (TPSA) is 126 Å². The number of nitrogens with one attached hydrogen (secondary N) is 2. The molecule has 9 nitrogen and oxygen atoms in total. The average Bonchev–Trinajstić information content (AvgIpc) is 2.78. The Hall–Kier alpha value is -3.51. The molecule has 0 spiro atoms. The van der Waals surface area contributed by atoms with Gasteiger partial charge >= 0.3 is 0 Å². The minimum atomic E-state index is -3.90. The Morgan fingerprint density at radius 2 is 1.65 bits per heavy atom. The predicted molar refractivity (Wildman–Crippen MR) is 128 cm³/mol. The second kappa shape index (κ2) is 10.2. The van der Waals surface area contributed by atoms with E-state index in [1.54, 1.807) is 19.1 Å². The molecule has 1 heterocycles. The lowest BCUT2D eigenvalue weighted by atomic mass is 10.2. The first-order valence-corrected chi connectivity index (χ1v) is 13.4. The van der Waals surface area contributed by atoms with Crippen LogP contribution in [0.1, 0.15) is 13.3 Å². The van der Waals surface area contributed by atoms with Gasteiger partial charge in [-0.3, -0.25) is 13.8 Å². The Kier molecular flexibility index (Phi) is 7.52. The normalized spacial score (nSPS) is 12.6. The highest BCUT2D eigenvalue weighted by Crippen LogP contribution is 2.24. The van der Waals surface area contributed by atoms with Crippen molar-refractivity contribution >= 4 is 43.1 Å². The first-order chi connectivity index (χ1) is 16.0. The van der Waals surface area contributed by atoms with Crippen LogP contribution in [0.4, 0.5) is 21.6 Å². The molecule has 0 fully saturated rings. The Balaban J connectivity index is 1.79. The molecule has 34 heavy (non-hydrogen) atoms. The number of pyridine rings is 1. The van der Waals surface area contributed by atoms with E-state index in [4.69, 9.17) is 0 Å². The molecule has 3 aromatic rings. The van der Waals surface area contributed by atoms with Crippen LogP contribution < -0.4 is 14.3 Å². The summed E-state index contributed by atoms with van der Waals surface area (Å²) in [6.45, 7) is 1.64. The zero-order valence-corrected chi connectivity index (χ0v) is 20.0. The Morgan fingerprint density at radius 3 is 2.18 bits per heavy atom. The highest BCUT2D eigenvalue weighted by Gasteiger charge is 2.31. The molecule has 0 aliphatic heterocycles. The van der Waals surface area contributed by atoms with Crippen LogP contribution in [-0.4, -0.2) is 40.0 Å². The second-order valence-electron chi connectivity index (χ2n) is 7.29. The third-order valence-electron chi connectivity index (χ3n) is 4.75. The lowest BCUT2D eigenvalue weighted by Crippen LogP contribution is -2.47. The fourth-order valence-electron chi connectivity index (χ4n) is 3.21. The van der Waals surface area contributed by atoms with Gasteiger partial charge in [-0.2, -0.15) is 0 Å². The van der Waals surface area contributed by atoms with Gasteiger partial charge in [0.05, 0.1) is 16.8 Å². The van der Waals surface area contributed by atoms with E-state index in [1.807, 2.05) is 0 Å². The summed E-state index contributed by atoms with van der Waals surface area (Å²) in [5, 5.41) is 2.61. The first kappa shape index (κ1) is 25.1. The number of hydrogen-bond donors (Lipinski definition) is 2. The van der Waals surface area contributed by atoms with Crippen molar-refractivity contribution in [2.24, 2.45) is 0 Å². The number of anilines is 3. The van der Waals surface area contributed by atoms with E-state index in [0.717, 1.165) is 22.7 Å². The molecule has 2 N–H and O–H groups in total. The Bertz CT molecular complexity index is 1350. The lowest BCUT2D eigenvalue weighted by Gasteiger charge is -2.30. The van der Waals surface area contributed by atoms with Gasteiger partial charge < -0.3 is 5.32 Å². The van der Waals surface area contributed by atoms with Crippen LogP contribution in [0.25, 0.3) is 0 Å². The summed E-state index contributed by atoms with van der Waals surface area (Å²) in [5.74, 6) is -1.01. The zero-order valence-electron chi connectivity index (χ0n) is 18.3. The number of carbonyl (C=O) groups excluding carboxylic acids is 1. The molecule has 3 rings (SSSR count). The summed E-state index contributed by atoms with van der Waals surface area (Å²) < 4.78 is 66.6. The van der Waals surface area contributed by atoms with Crippen molar-refractivity contribution in [3.8, 4) is 0 Å². The van der Waals surface area contributed by atoms with E-state index in [0.29, 0.717) is 0 Å². The van der Waals surface area contributed by atoms with Crippen molar-refractivity contribution in [3.63, 3.8) is 0 Å². The van der Waals surface area contributed by atoms with Gasteiger partial charge in [0.25, 0.3) is 10.0 Å². The van der Waals surface area contributed by atoms with Gasteiger partial charge in [0.1, 0.15) is 17.7 Å². The smallest absolute Gasteiger partial charge is 0.263 e. The van der Waals surface area contributed by atoms with Gasteiger partial charge in [-0.25, -0.2) is 26.2 Å². The molecule has 0 saturated heterocycles. The number of halogens is 1. The standard InChI is InChI=1S/C22H23FN4O5S2/c1-3-20(27(33(2,29)30)18-11-7-16(23)8-12-18)22(28)25-17-9-13-19(14-10-17)34(31,32)26-21-6-4-5-15-24-21/h4-15,20H,3H2,1-2H3,(H,24,26)(H,25,28)/t20-/m1/s1. The predicted octanol–water partition coefficient (Wildman–Crippen LogP) is 3.20. The van der Waals surface area contributed by atoms with E-state index in [2.05, 4.69) is 15.0 Å². The summed E-state index contributed by atoms with van der Waals surface area (Å²) in [7, 11) is -7.77. The molecule has 0 saturated carbocycles. The Labute approximate surface area is 197 Å². The minimum absolute atomic E-state index is 0.0488. The number of rotatable bonds is 9. The second-order valence-corrected chi connectivity index (χ2v) is 10.8. The third kappa shape index (κ3) is 6.08. The molecule has 0 radical (unpaired) electrons. The maximum atomic E-state index is 13.3. The quantitative estimate of drug-likeness (QED) is 0.459. The summed E-state index contributed by atoms with van der Waals surface area (Å²) in [4.78, 5) is 16.8. The van der Waals surface area contributed by atoms with E-state index in [1.165, 1.54) is 48.7 Å². The van der Waals surface area contributed by atoms with Gasteiger partial charge in [0.15, 0.2) is 0 Å². The van der Waals surface area contributed by atoms with Crippen molar-refractivity contribution in [3.05, 3.63) is 78.7 Å². The molecule has 0 aliphatic carbocycles. The van der Waals surface area contributed by atoms with Gasteiger partial charge in [-0.1, -0.05) is 13.0 Å². The molecule has 12 heteroatoms. The van der Waals surface area contributed by atoms with Crippen LogP contribution >= 0.6 is 0 Å². The molecule has 1 amide bonds. The Morgan fingerprint density at radius 1 is 1.00 bits per heavy atom. The number of sulfonamides is 2. The van der Waals surface area contributed by atoms with Crippen molar-refractivity contribution in [1.29, 1.82) is 0 Å². The molecular formula is C22H23FN4O5S2. The molecule has 1 aromatic heterocycles. The highest BCUT2D eigenvalue weighted by atomic mass is 32.2. The number of benzene rings is 2. The SMILES string of the molecule is CC[C@H](C(=O)Nc1ccc(S(=O)(=O)Nc2ccccn2)cc1)N(c1ccc(F)cc1)S(C)(=O)=O. The van der Waals surface area contributed by atoms with Gasteiger partial charge in [0, 0.05) is 11.9 Å². The van der Waals surface area contributed by atoms with Crippen LogP contribution in [0.2, 0.25) is 0 Å². The molecule has 0 bridgehead atoms. The first-order valence-electron chi connectivity index (χ1n) is 10.1. The monoisotopic (exact) mass is 506 g/mol. The fourth-order valence-corrected chi connectivity index (χ4v) is 5.43. The maximum absolute atomic E-state index is 13.3. The van der Waals surface area contributed by atoms with E-state index in [-0.39, 0.29) is 28.5 Å². The van der Waals surface area contributed by atoms with Gasteiger partial charge in [-0.05, 0) is 67.1 Å². The number of amides is 1. The lowest BCUT2D eigenvalue weighted by molar-refractivity contribution is -0.117. The number of nitrogens with zero attached hydrogens (tertiary/aromatic N) is 2. The summed E-state index contributed by atoms with van der Waals surface area (Å²) in [6, 6.07) is 13.8. The van der Waals surface area contributed by atoms with Gasteiger partial charge in [-0.15, -0.1) is 0 Å². The minimum Gasteiger partial charge on any atom is -0.324 e. The average molecular weight is 507 g/mol. The van der Waals surface area contributed by atoms with E-state index >= 15 is 0 Å². The van der Waals surface area contributed by atoms with Crippen LogP contribution in [0.5, 0.6) is 0 Å². The van der Waals surface area contributed by atoms with E-state index < -0.39 is 37.8 Å². The maximum Gasteiger partial charge on any atom is 0.263 e. The summed E-state index contributed by atoms with van der Waals surface area (Å²) in [6.07, 6.45) is 2.55. The molecule has 1 atom stereocenters. The van der Waals surface area contributed by atoms with Gasteiger partial charge in [0.2, 0.25) is 15.9 Å². The fraction of sp³-hybridized carbons (Fsp3) is 0.182. The van der Waals surface area contributed by atoms with Crippen LogP contribution in [-0.2, 0) is 24.8 Å². The molecule has 180 valence electrons. The van der Waals surface area contributed by atoms with Crippen molar-refractivity contribution < 1.29 is 26.0 Å². The molecule has 2 aromatic carbocycles. The number of hydrogen-bond acceptors (Lipinski definition) is 6. The van der Waals surface area contributed by atoms with Crippen LogP contribution in [0.15, 0.2) is 77.8 Å². The largest absolute Gasteiger partial charge is 0.324 e. The number of carbonyl (C=O) groups is 1. The third-order valence-corrected chi connectivity index (χ3v) is 7.30. The summed E-state index contributed by atoms with van der Waals surface area (Å²) >= 11 is 0. The van der Waals surface area contributed by atoms with Crippen LogP contribution in [0, 0.1) is 5.82 Å². The molecule has 0 unspecified atom stereocenters. The van der Waals surface area contributed by atoms with Crippen molar-refractivity contribution in [2.45, 2.75) is 24.3 Å². The van der Waals surface area contributed by atoms with Crippen molar-refractivity contribution in [1.82, 2.24) is 4.98 Å². The zero-order chi connectivity index (χ0) is 24.9. The van der Waals surface area contributed by atoms with Crippen LogP contribution in [0.3, 0.4) is 0 Å². The number of aromatic nitrogens is 1. The van der Waals surface area contributed by atoms with Crippen molar-refractivity contribution in [2.75, 3.05) is 20.6 Å². The van der Waals surface area contributed by atoms with E-state index in [9.17, 15) is 26.0 Å². The summed E-state index contributed by atoms with van der Waals surface area (Å²) in [5.41, 5.74) is 0.417. The highest BCUT2D eigenvalue weighted by molar-refractivity contribution is 7.92. The molecular weight excluding hydrogens is 483 g/mol. The molecule has 0 aliphatic rings.